The summed E-state index contributed by atoms with van der Waals surface area (Å²) in [6.45, 7) is 6.52. The van der Waals surface area contributed by atoms with E-state index in [1.165, 1.54) is 0 Å². The van der Waals surface area contributed by atoms with E-state index in [0.717, 1.165) is 38.9 Å². The van der Waals surface area contributed by atoms with Gasteiger partial charge in [0.15, 0.2) is 0 Å². The number of carbonyl (C=O) groups excluding carboxylic acids is 2. The first-order valence-electron chi connectivity index (χ1n) is 10.0. The fraction of sp³-hybridized carbons (Fsp3) is 0.619. The lowest BCUT2D eigenvalue weighted by Gasteiger charge is -2.42. The van der Waals surface area contributed by atoms with Gasteiger partial charge in [0.05, 0.1) is 13.0 Å². The molecular formula is C21H29N3O3. The topological polar surface area (TPSA) is 61.9 Å². The molecule has 2 amide bonds. The second kappa shape index (κ2) is 7.15. The van der Waals surface area contributed by atoms with Crippen molar-refractivity contribution in [3.8, 4) is 5.75 Å². The molecule has 0 saturated carbocycles. The van der Waals surface area contributed by atoms with E-state index in [1.807, 2.05) is 23.1 Å². The molecule has 1 spiro atoms. The highest BCUT2D eigenvalue weighted by molar-refractivity contribution is 5.94. The maximum Gasteiger partial charge on any atom is 0.253 e. The van der Waals surface area contributed by atoms with E-state index >= 15 is 0 Å². The third-order valence-corrected chi connectivity index (χ3v) is 6.61. The predicted molar refractivity (Wildman–Crippen MR) is 103 cm³/mol. The Kier molecular flexibility index (Phi) is 4.84. The van der Waals surface area contributed by atoms with Crippen molar-refractivity contribution < 1.29 is 14.3 Å². The number of hydrogen-bond donors (Lipinski definition) is 1. The molecule has 3 aliphatic rings. The summed E-state index contributed by atoms with van der Waals surface area (Å²) in [5, 5.41) is 3.33. The number of hydrogen-bond acceptors (Lipinski definition) is 4. The van der Waals surface area contributed by atoms with Crippen molar-refractivity contribution in [3.05, 3.63) is 29.8 Å². The molecule has 146 valence electrons. The van der Waals surface area contributed by atoms with Crippen molar-refractivity contribution in [1.82, 2.24) is 15.1 Å². The first-order valence-corrected chi connectivity index (χ1v) is 10.0. The average molecular weight is 371 g/mol. The summed E-state index contributed by atoms with van der Waals surface area (Å²) >= 11 is 0. The molecule has 4 rings (SSSR count). The summed E-state index contributed by atoms with van der Waals surface area (Å²) in [6, 6.07) is 7.32. The Bertz CT molecular complexity index is 727. The Morgan fingerprint density at radius 2 is 2.07 bits per heavy atom. The normalized spacial score (nSPS) is 26.9. The largest absolute Gasteiger partial charge is 0.497 e. The number of piperidine rings is 1. The Labute approximate surface area is 160 Å². The van der Waals surface area contributed by atoms with E-state index in [-0.39, 0.29) is 23.3 Å². The minimum atomic E-state index is -0.130. The number of rotatable bonds is 4. The zero-order valence-corrected chi connectivity index (χ0v) is 16.2. The smallest absolute Gasteiger partial charge is 0.253 e. The minimum Gasteiger partial charge on any atom is -0.497 e. The molecular weight excluding hydrogens is 342 g/mol. The molecule has 3 heterocycles. The summed E-state index contributed by atoms with van der Waals surface area (Å²) in [5.74, 6) is 1.46. The summed E-state index contributed by atoms with van der Waals surface area (Å²) in [7, 11) is 1.61. The molecule has 0 radical (unpaired) electrons. The first-order chi connectivity index (χ1) is 13.1. The first kappa shape index (κ1) is 18.3. The standard InChI is InChI=1S/C21H29N3O3/c1-3-9-23-13-17-18(14-23)21(22-19(17)25)7-10-24(11-8-21)20(26)15-5-4-6-16(12-15)27-2/h4-6,12,17-18H,3,7-11,13-14H2,1-2H3,(H,22,25)/t17-,18+/m1/s1. The van der Waals surface area contributed by atoms with Crippen LogP contribution in [0.25, 0.3) is 0 Å². The number of nitrogens with zero attached hydrogens (tertiary/aromatic N) is 2. The van der Waals surface area contributed by atoms with Crippen molar-refractivity contribution in [1.29, 1.82) is 0 Å². The van der Waals surface area contributed by atoms with Crippen LogP contribution in [0.2, 0.25) is 0 Å². The van der Waals surface area contributed by atoms with Crippen LogP contribution in [0, 0.1) is 11.8 Å². The molecule has 3 fully saturated rings. The molecule has 0 aliphatic carbocycles. The second-order valence-electron chi connectivity index (χ2n) is 8.14. The third kappa shape index (κ3) is 3.20. The van der Waals surface area contributed by atoms with Gasteiger partial charge in [-0.25, -0.2) is 0 Å². The van der Waals surface area contributed by atoms with E-state index in [0.29, 0.717) is 30.3 Å². The molecule has 6 heteroatoms. The maximum absolute atomic E-state index is 12.9. The van der Waals surface area contributed by atoms with E-state index < -0.39 is 0 Å². The zero-order chi connectivity index (χ0) is 19.0. The Hall–Kier alpha value is -2.08. The molecule has 0 unspecified atom stereocenters. The molecule has 3 saturated heterocycles. The minimum absolute atomic E-state index is 0.0451. The quantitative estimate of drug-likeness (QED) is 0.876. The molecule has 1 N–H and O–H groups in total. The fourth-order valence-electron chi connectivity index (χ4n) is 5.18. The second-order valence-corrected chi connectivity index (χ2v) is 8.14. The van der Waals surface area contributed by atoms with Crippen molar-refractivity contribution >= 4 is 11.8 Å². The number of methoxy groups -OCH3 is 1. The van der Waals surface area contributed by atoms with Crippen LogP contribution in [0.15, 0.2) is 24.3 Å². The van der Waals surface area contributed by atoms with Crippen LogP contribution in [-0.2, 0) is 4.79 Å². The van der Waals surface area contributed by atoms with E-state index in [9.17, 15) is 9.59 Å². The zero-order valence-electron chi connectivity index (χ0n) is 16.2. The van der Waals surface area contributed by atoms with Crippen LogP contribution in [0.5, 0.6) is 5.75 Å². The van der Waals surface area contributed by atoms with Gasteiger partial charge in [-0.05, 0) is 44.0 Å². The number of fused-ring (bicyclic) bond motifs is 2. The Morgan fingerprint density at radius 1 is 1.30 bits per heavy atom. The predicted octanol–water partition coefficient (Wildman–Crippen LogP) is 1.76. The van der Waals surface area contributed by atoms with Crippen molar-refractivity contribution in [3.63, 3.8) is 0 Å². The van der Waals surface area contributed by atoms with Crippen LogP contribution in [0.3, 0.4) is 0 Å². The highest BCUT2D eigenvalue weighted by Gasteiger charge is 2.57. The van der Waals surface area contributed by atoms with Gasteiger partial charge in [-0.2, -0.15) is 0 Å². The number of carbonyl (C=O) groups is 2. The van der Waals surface area contributed by atoms with E-state index in [2.05, 4.69) is 17.1 Å². The number of likely N-dealkylation sites (tertiary alicyclic amines) is 2. The highest BCUT2D eigenvalue weighted by Crippen LogP contribution is 2.44. The monoisotopic (exact) mass is 371 g/mol. The van der Waals surface area contributed by atoms with Gasteiger partial charge in [0.25, 0.3) is 5.91 Å². The SMILES string of the molecule is CCCN1C[C@H]2C(=O)NC3(CCN(C(=O)c4cccc(OC)c4)CC3)[C@H]2C1. The van der Waals surface area contributed by atoms with Crippen molar-refractivity contribution in [2.45, 2.75) is 31.7 Å². The molecule has 2 atom stereocenters. The van der Waals surface area contributed by atoms with Crippen LogP contribution in [-0.4, -0.2) is 67.0 Å². The number of amides is 2. The van der Waals surface area contributed by atoms with Gasteiger partial charge < -0.3 is 19.9 Å². The van der Waals surface area contributed by atoms with E-state index in [4.69, 9.17) is 4.74 Å². The van der Waals surface area contributed by atoms with Crippen molar-refractivity contribution in [2.24, 2.45) is 11.8 Å². The molecule has 27 heavy (non-hydrogen) atoms. The van der Waals surface area contributed by atoms with Crippen molar-refractivity contribution in [2.75, 3.05) is 39.8 Å². The number of ether oxygens (including phenoxy) is 1. The van der Waals surface area contributed by atoms with Crippen LogP contribution < -0.4 is 10.1 Å². The molecule has 3 aliphatic heterocycles. The van der Waals surface area contributed by atoms with Gasteiger partial charge in [-0.15, -0.1) is 0 Å². The lowest BCUT2D eigenvalue weighted by molar-refractivity contribution is -0.123. The number of nitrogens with one attached hydrogen (secondary N) is 1. The summed E-state index contributed by atoms with van der Waals surface area (Å²) in [6.07, 6.45) is 2.81. The fourth-order valence-corrected chi connectivity index (χ4v) is 5.18. The molecule has 1 aromatic carbocycles. The summed E-state index contributed by atoms with van der Waals surface area (Å²) < 4.78 is 5.23. The van der Waals surface area contributed by atoms with Crippen LogP contribution in [0.1, 0.15) is 36.5 Å². The van der Waals surface area contributed by atoms with Gasteiger partial charge in [-0.3, -0.25) is 9.59 Å². The van der Waals surface area contributed by atoms with Gasteiger partial charge in [0, 0.05) is 43.2 Å². The average Bonchev–Trinajstić information content (AvgIpc) is 3.22. The van der Waals surface area contributed by atoms with Gasteiger partial charge >= 0.3 is 0 Å². The van der Waals surface area contributed by atoms with Gasteiger partial charge in [-0.1, -0.05) is 13.0 Å². The van der Waals surface area contributed by atoms with Crippen LogP contribution in [0.4, 0.5) is 0 Å². The number of benzene rings is 1. The highest BCUT2D eigenvalue weighted by atomic mass is 16.5. The van der Waals surface area contributed by atoms with Crippen LogP contribution >= 0.6 is 0 Å². The summed E-state index contributed by atoms with van der Waals surface area (Å²) in [5.41, 5.74) is 0.531. The Morgan fingerprint density at radius 3 is 2.78 bits per heavy atom. The van der Waals surface area contributed by atoms with E-state index in [1.54, 1.807) is 13.2 Å². The lowest BCUT2D eigenvalue weighted by atomic mass is 9.75. The van der Waals surface area contributed by atoms with Gasteiger partial charge in [0.1, 0.15) is 5.75 Å². The third-order valence-electron chi connectivity index (χ3n) is 6.61. The lowest BCUT2D eigenvalue weighted by Crippen LogP contribution is -2.56. The van der Waals surface area contributed by atoms with Gasteiger partial charge in [0.2, 0.25) is 5.91 Å². The molecule has 6 nitrogen and oxygen atoms in total. The molecule has 0 aromatic heterocycles. The summed E-state index contributed by atoms with van der Waals surface area (Å²) in [4.78, 5) is 29.8. The maximum atomic E-state index is 12.9. The molecule has 0 bridgehead atoms. The Balaban J connectivity index is 1.44. The molecule has 1 aromatic rings.